The lowest BCUT2D eigenvalue weighted by Gasteiger charge is -2.27. The van der Waals surface area contributed by atoms with E-state index in [2.05, 4.69) is 69.2 Å². The molecule has 1 saturated heterocycles. The predicted octanol–water partition coefficient (Wildman–Crippen LogP) is 4.01. The van der Waals surface area contributed by atoms with Gasteiger partial charge in [-0.25, -0.2) is 0 Å². The summed E-state index contributed by atoms with van der Waals surface area (Å²) >= 11 is 0. The van der Waals surface area contributed by atoms with Crippen molar-refractivity contribution < 1.29 is 0 Å². The maximum absolute atomic E-state index is 3.50. The van der Waals surface area contributed by atoms with Crippen LogP contribution in [-0.2, 0) is 0 Å². The maximum atomic E-state index is 3.50. The average Bonchev–Trinajstić information content (AvgIpc) is 2.90. The Hall–Kier alpha value is -0.860. The molecule has 0 saturated carbocycles. The summed E-state index contributed by atoms with van der Waals surface area (Å²) in [6.07, 6.45) is 2.55. The van der Waals surface area contributed by atoms with Gasteiger partial charge in [-0.3, -0.25) is 0 Å². The largest absolute Gasteiger partial charge is 0.313 e. The van der Waals surface area contributed by atoms with E-state index in [4.69, 9.17) is 0 Å². The summed E-state index contributed by atoms with van der Waals surface area (Å²) in [6.45, 7) is 13.1. The molecule has 21 heavy (non-hydrogen) atoms. The second kappa shape index (κ2) is 6.93. The molecule has 2 heteroatoms. The van der Waals surface area contributed by atoms with Crippen LogP contribution in [0, 0.1) is 18.3 Å². The minimum atomic E-state index is 0.452. The number of hydrogen-bond acceptors (Lipinski definition) is 2. The molecular formula is C19H32N2. The summed E-state index contributed by atoms with van der Waals surface area (Å²) in [4.78, 5) is 2.65. The Kier molecular flexibility index (Phi) is 5.45. The van der Waals surface area contributed by atoms with Crippen LogP contribution in [0.5, 0.6) is 0 Å². The second-order valence-electron chi connectivity index (χ2n) is 7.64. The highest BCUT2D eigenvalue weighted by Crippen LogP contribution is 2.34. The van der Waals surface area contributed by atoms with Gasteiger partial charge in [0.25, 0.3) is 0 Å². The van der Waals surface area contributed by atoms with Crippen molar-refractivity contribution in [2.75, 3.05) is 26.7 Å². The SMILES string of the molecule is CNC(CCN1CCC(C(C)(C)C)C1)c1ccccc1C. The van der Waals surface area contributed by atoms with Gasteiger partial charge in [-0.05, 0) is 62.4 Å². The molecule has 0 spiro atoms. The Labute approximate surface area is 130 Å². The molecule has 2 atom stereocenters. The van der Waals surface area contributed by atoms with Crippen molar-refractivity contribution >= 4 is 0 Å². The highest BCUT2D eigenvalue weighted by molar-refractivity contribution is 5.28. The van der Waals surface area contributed by atoms with Crippen LogP contribution in [0.3, 0.4) is 0 Å². The van der Waals surface area contributed by atoms with Crippen LogP contribution >= 0.6 is 0 Å². The summed E-state index contributed by atoms with van der Waals surface area (Å²) in [5.74, 6) is 0.851. The first-order valence-corrected chi connectivity index (χ1v) is 8.37. The Balaban J connectivity index is 1.89. The molecule has 2 nitrogen and oxygen atoms in total. The molecule has 1 aromatic carbocycles. The van der Waals surface area contributed by atoms with E-state index in [9.17, 15) is 0 Å². The molecule has 2 unspecified atom stereocenters. The monoisotopic (exact) mass is 288 g/mol. The van der Waals surface area contributed by atoms with Gasteiger partial charge in [0.1, 0.15) is 0 Å². The zero-order chi connectivity index (χ0) is 15.5. The van der Waals surface area contributed by atoms with Gasteiger partial charge in [-0.15, -0.1) is 0 Å². The normalized spacial score (nSPS) is 21.7. The summed E-state index contributed by atoms with van der Waals surface area (Å²) in [5, 5.41) is 3.50. The zero-order valence-electron chi connectivity index (χ0n) is 14.4. The van der Waals surface area contributed by atoms with E-state index in [-0.39, 0.29) is 0 Å². The molecule has 0 radical (unpaired) electrons. The average molecular weight is 288 g/mol. The number of benzene rings is 1. The van der Waals surface area contributed by atoms with Crippen LogP contribution in [0.15, 0.2) is 24.3 Å². The minimum absolute atomic E-state index is 0.452. The molecule has 1 aromatic rings. The van der Waals surface area contributed by atoms with E-state index >= 15 is 0 Å². The maximum Gasteiger partial charge on any atom is 0.0332 e. The van der Waals surface area contributed by atoms with Crippen LogP contribution in [0.1, 0.15) is 50.8 Å². The van der Waals surface area contributed by atoms with Crippen molar-refractivity contribution in [3.05, 3.63) is 35.4 Å². The van der Waals surface area contributed by atoms with Crippen molar-refractivity contribution in [2.24, 2.45) is 11.3 Å². The summed E-state index contributed by atoms with van der Waals surface area (Å²) in [6, 6.07) is 9.22. The molecule has 0 bridgehead atoms. The Morgan fingerprint density at radius 3 is 2.57 bits per heavy atom. The molecular weight excluding hydrogens is 256 g/mol. The molecule has 1 fully saturated rings. The molecule has 2 rings (SSSR count). The van der Waals surface area contributed by atoms with Gasteiger partial charge in [0.2, 0.25) is 0 Å². The van der Waals surface area contributed by atoms with Gasteiger partial charge in [0.15, 0.2) is 0 Å². The lowest BCUT2D eigenvalue weighted by Crippen LogP contribution is -2.29. The van der Waals surface area contributed by atoms with Crippen LogP contribution in [-0.4, -0.2) is 31.6 Å². The first-order valence-electron chi connectivity index (χ1n) is 8.37. The Morgan fingerprint density at radius 1 is 1.29 bits per heavy atom. The molecule has 1 aliphatic rings. The fourth-order valence-electron chi connectivity index (χ4n) is 3.49. The lowest BCUT2D eigenvalue weighted by atomic mass is 9.80. The Morgan fingerprint density at radius 2 is 2.00 bits per heavy atom. The van der Waals surface area contributed by atoms with Crippen LogP contribution < -0.4 is 5.32 Å². The highest BCUT2D eigenvalue weighted by Gasteiger charge is 2.31. The third kappa shape index (κ3) is 4.31. The number of nitrogens with one attached hydrogen (secondary N) is 1. The fourth-order valence-corrected chi connectivity index (χ4v) is 3.49. The van der Waals surface area contributed by atoms with Gasteiger partial charge in [0.05, 0.1) is 0 Å². The topological polar surface area (TPSA) is 15.3 Å². The van der Waals surface area contributed by atoms with Crippen molar-refractivity contribution in [2.45, 2.75) is 46.6 Å². The van der Waals surface area contributed by atoms with Crippen LogP contribution in [0.2, 0.25) is 0 Å². The summed E-state index contributed by atoms with van der Waals surface area (Å²) in [5.41, 5.74) is 3.30. The third-order valence-corrected chi connectivity index (χ3v) is 5.14. The third-order valence-electron chi connectivity index (χ3n) is 5.14. The first-order chi connectivity index (χ1) is 9.91. The van der Waals surface area contributed by atoms with E-state index in [1.165, 1.54) is 43.6 Å². The number of hydrogen-bond donors (Lipinski definition) is 1. The lowest BCUT2D eigenvalue weighted by molar-refractivity contribution is 0.225. The summed E-state index contributed by atoms with van der Waals surface area (Å²) < 4.78 is 0. The molecule has 0 aliphatic carbocycles. The van der Waals surface area contributed by atoms with E-state index in [1.54, 1.807) is 0 Å². The van der Waals surface area contributed by atoms with Gasteiger partial charge >= 0.3 is 0 Å². The van der Waals surface area contributed by atoms with E-state index in [0.29, 0.717) is 11.5 Å². The number of aryl methyl sites for hydroxylation is 1. The quantitative estimate of drug-likeness (QED) is 0.880. The number of rotatable bonds is 5. The standard InChI is InChI=1S/C19H32N2/c1-15-8-6-7-9-17(15)18(20-5)11-13-21-12-10-16(14-21)19(2,3)4/h6-9,16,18,20H,10-14H2,1-5H3. The fraction of sp³-hybridized carbons (Fsp3) is 0.684. The molecule has 0 aromatic heterocycles. The van der Waals surface area contributed by atoms with Crippen LogP contribution in [0.4, 0.5) is 0 Å². The highest BCUT2D eigenvalue weighted by atomic mass is 15.1. The van der Waals surface area contributed by atoms with Gasteiger partial charge in [-0.1, -0.05) is 45.0 Å². The van der Waals surface area contributed by atoms with E-state index in [0.717, 1.165) is 5.92 Å². The predicted molar refractivity (Wildman–Crippen MR) is 91.6 cm³/mol. The molecule has 1 aliphatic heterocycles. The van der Waals surface area contributed by atoms with Crippen molar-refractivity contribution in [1.29, 1.82) is 0 Å². The van der Waals surface area contributed by atoms with Gasteiger partial charge in [-0.2, -0.15) is 0 Å². The number of nitrogens with zero attached hydrogens (tertiary/aromatic N) is 1. The Bertz CT molecular complexity index is 447. The van der Waals surface area contributed by atoms with Gasteiger partial charge < -0.3 is 10.2 Å². The van der Waals surface area contributed by atoms with E-state index in [1.807, 2.05) is 0 Å². The van der Waals surface area contributed by atoms with Crippen LogP contribution in [0.25, 0.3) is 0 Å². The smallest absolute Gasteiger partial charge is 0.0332 e. The minimum Gasteiger partial charge on any atom is -0.313 e. The molecule has 0 amide bonds. The van der Waals surface area contributed by atoms with Crippen molar-refractivity contribution in [3.8, 4) is 0 Å². The molecule has 1 heterocycles. The van der Waals surface area contributed by atoms with Gasteiger partial charge in [0, 0.05) is 12.6 Å². The zero-order valence-corrected chi connectivity index (χ0v) is 14.4. The van der Waals surface area contributed by atoms with Crippen molar-refractivity contribution in [3.63, 3.8) is 0 Å². The first kappa shape index (κ1) is 16.5. The molecule has 1 N–H and O–H groups in total. The molecule has 118 valence electrons. The summed E-state index contributed by atoms with van der Waals surface area (Å²) in [7, 11) is 2.08. The second-order valence-corrected chi connectivity index (χ2v) is 7.64. The van der Waals surface area contributed by atoms with Crippen molar-refractivity contribution in [1.82, 2.24) is 10.2 Å². The van der Waals surface area contributed by atoms with E-state index < -0.39 is 0 Å². The number of likely N-dealkylation sites (tertiary alicyclic amines) is 1.